The van der Waals surface area contributed by atoms with E-state index >= 15 is 0 Å². The molecule has 0 radical (unpaired) electrons. The van der Waals surface area contributed by atoms with Gasteiger partial charge >= 0.3 is 5.97 Å². The lowest BCUT2D eigenvalue weighted by molar-refractivity contribution is -0.141. The Kier molecular flexibility index (Phi) is 6.56. The highest BCUT2D eigenvalue weighted by atomic mass is 16.5. The van der Waals surface area contributed by atoms with Gasteiger partial charge in [0.15, 0.2) is 0 Å². The summed E-state index contributed by atoms with van der Waals surface area (Å²) < 4.78 is 10.1. The zero-order valence-electron chi connectivity index (χ0n) is 12.0. The molecule has 1 aliphatic heterocycles. The number of carbonyl (C=O) groups is 2. The van der Waals surface area contributed by atoms with Crippen molar-refractivity contribution in [1.29, 1.82) is 0 Å². The standard InChI is InChI=1S/C14H23NO4/c1-11(2)9-13(16)15(7-6-14(17)18-3)10-12-5-4-8-19-12/h9,12H,4-8,10H2,1-3H3. The molecular formula is C14H23NO4. The second kappa shape index (κ2) is 7.94. The summed E-state index contributed by atoms with van der Waals surface area (Å²) in [5.41, 5.74) is 0.945. The van der Waals surface area contributed by atoms with Gasteiger partial charge in [0.05, 0.1) is 19.6 Å². The lowest BCUT2D eigenvalue weighted by Crippen LogP contribution is -2.38. The molecule has 0 saturated carbocycles. The fraction of sp³-hybridized carbons (Fsp3) is 0.714. The van der Waals surface area contributed by atoms with Crippen LogP contribution in [0.4, 0.5) is 0 Å². The number of methoxy groups -OCH3 is 1. The van der Waals surface area contributed by atoms with Gasteiger partial charge in [0, 0.05) is 25.8 Å². The third-order valence-corrected chi connectivity index (χ3v) is 2.99. The highest BCUT2D eigenvalue weighted by molar-refractivity contribution is 5.88. The van der Waals surface area contributed by atoms with Crippen molar-refractivity contribution in [2.45, 2.75) is 39.2 Å². The van der Waals surface area contributed by atoms with E-state index in [1.165, 1.54) is 7.11 Å². The SMILES string of the molecule is COC(=O)CCN(CC1CCCO1)C(=O)C=C(C)C. The normalized spacial score (nSPS) is 17.9. The average Bonchev–Trinajstić information content (AvgIpc) is 2.85. The summed E-state index contributed by atoms with van der Waals surface area (Å²) in [7, 11) is 1.35. The van der Waals surface area contributed by atoms with E-state index in [1.54, 1.807) is 11.0 Å². The Labute approximate surface area is 114 Å². The van der Waals surface area contributed by atoms with Crippen LogP contribution in [-0.2, 0) is 19.1 Å². The first kappa shape index (κ1) is 15.7. The molecule has 1 aliphatic rings. The third kappa shape index (κ3) is 5.87. The van der Waals surface area contributed by atoms with Crippen molar-refractivity contribution >= 4 is 11.9 Å². The smallest absolute Gasteiger partial charge is 0.307 e. The summed E-state index contributed by atoms with van der Waals surface area (Å²) in [4.78, 5) is 24.9. The van der Waals surface area contributed by atoms with Crippen LogP contribution in [0.3, 0.4) is 0 Å². The Morgan fingerprint density at radius 2 is 2.16 bits per heavy atom. The van der Waals surface area contributed by atoms with Gasteiger partial charge in [-0.2, -0.15) is 0 Å². The van der Waals surface area contributed by atoms with Gasteiger partial charge in [-0.25, -0.2) is 0 Å². The topological polar surface area (TPSA) is 55.8 Å². The first-order valence-corrected chi connectivity index (χ1v) is 6.65. The molecule has 0 N–H and O–H groups in total. The zero-order chi connectivity index (χ0) is 14.3. The van der Waals surface area contributed by atoms with Crippen LogP contribution in [0.2, 0.25) is 0 Å². The molecule has 0 aliphatic carbocycles. The molecule has 1 fully saturated rings. The minimum atomic E-state index is -0.303. The second-order valence-electron chi connectivity index (χ2n) is 4.97. The lowest BCUT2D eigenvalue weighted by atomic mass is 10.2. The predicted octanol–water partition coefficient (Wildman–Crippen LogP) is 1.52. The van der Waals surface area contributed by atoms with Gasteiger partial charge in [-0.1, -0.05) is 5.57 Å². The van der Waals surface area contributed by atoms with E-state index < -0.39 is 0 Å². The second-order valence-corrected chi connectivity index (χ2v) is 4.97. The maximum Gasteiger partial charge on any atom is 0.307 e. The van der Waals surface area contributed by atoms with E-state index in [2.05, 4.69) is 4.74 Å². The maximum absolute atomic E-state index is 12.1. The third-order valence-electron chi connectivity index (χ3n) is 2.99. The zero-order valence-corrected chi connectivity index (χ0v) is 12.0. The van der Waals surface area contributed by atoms with E-state index in [-0.39, 0.29) is 24.4 Å². The highest BCUT2D eigenvalue weighted by Gasteiger charge is 2.22. The monoisotopic (exact) mass is 269 g/mol. The van der Waals surface area contributed by atoms with E-state index in [9.17, 15) is 9.59 Å². The average molecular weight is 269 g/mol. The van der Waals surface area contributed by atoms with Crippen molar-refractivity contribution < 1.29 is 19.1 Å². The van der Waals surface area contributed by atoms with Crippen molar-refractivity contribution in [2.24, 2.45) is 0 Å². The van der Waals surface area contributed by atoms with Crippen LogP contribution < -0.4 is 0 Å². The first-order chi connectivity index (χ1) is 9.02. The fourth-order valence-corrected chi connectivity index (χ4v) is 1.99. The van der Waals surface area contributed by atoms with E-state index in [0.29, 0.717) is 13.1 Å². The van der Waals surface area contributed by atoms with Gasteiger partial charge in [-0.3, -0.25) is 9.59 Å². The first-order valence-electron chi connectivity index (χ1n) is 6.65. The van der Waals surface area contributed by atoms with Crippen LogP contribution in [0.1, 0.15) is 33.1 Å². The van der Waals surface area contributed by atoms with E-state index in [1.807, 2.05) is 13.8 Å². The molecule has 5 heteroatoms. The van der Waals surface area contributed by atoms with Crippen LogP contribution in [0.5, 0.6) is 0 Å². The molecule has 0 spiro atoms. The molecule has 1 saturated heterocycles. The van der Waals surface area contributed by atoms with Crippen molar-refractivity contribution in [2.75, 3.05) is 26.8 Å². The number of esters is 1. The molecule has 19 heavy (non-hydrogen) atoms. The summed E-state index contributed by atoms with van der Waals surface area (Å²) in [6.45, 7) is 5.42. The molecule has 0 bridgehead atoms. The summed E-state index contributed by atoms with van der Waals surface area (Å²) in [6, 6.07) is 0. The van der Waals surface area contributed by atoms with Gasteiger partial charge in [0.2, 0.25) is 5.91 Å². The minimum Gasteiger partial charge on any atom is -0.469 e. The van der Waals surface area contributed by atoms with Crippen LogP contribution in [0.25, 0.3) is 0 Å². The van der Waals surface area contributed by atoms with Gasteiger partial charge in [0.1, 0.15) is 0 Å². The number of carbonyl (C=O) groups excluding carboxylic acids is 2. The molecular weight excluding hydrogens is 246 g/mol. The summed E-state index contributed by atoms with van der Waals surface area (Å²) in [5, 5.41) is 0. The van der Waals surface area contributed by atoms with Crippen LogP contribution >= 0.6 is 0 Å². The number of hydrogen-bond donors (Lipinski definition) is 0. The highest BCUT2D eigenvalue weighted by Crippen LogP contribution is 2.14. The Morgan fingerprint density at radius 1 is 1.42 bits per heavy atom. The molecule has 1 atom stereocenters. The molecule has 0 aromatic rings. The molecule has 1 unspecified atom stereocenters. The number of hydrogen-bond acceptors (Lipinski definition) is 4. The maximum atomic E-state index is 12.1. The number of ether oxygens (including phenoxy) is 2. The largest absolute Gasteiger partial charge is 0.469 e. The molecule has 5 nitrogen and oxygen atoms in total. The van der Waals surface area contributed by atoms with Crippen molar-refractivity contribution in [3.8, 4) is 0 Å². The Balaban J connectivity index is 2.57. The van der Waals surface area contributed by atoms with Gasteiger partial charge < -0.3 is 14.4 Å². The molecule has 1 amide bonds. The van der Waals surface area contributed by atoms with Crippen molar-refractivity contribution in [3.63, 3.8) is 0 Å². The molecule has 108 valence electrons. The van der Waals surface area contributed by atoms with E-state index in [4.69, 9.17) is 4.74 Å². The molecule has 1 rings (SSSR count). The van der Waals surface area contributed by atoms with Crippen molar-refractivity contribution in [3.05, 3.63) is 11.6 Å². The summed E-state index contributed by atoms with van der Waals surface area (Å²) >= 11 is 0. The van der Waals surface area contributed by atoms with Crippen LogP contribution in [-0.4, -0.2) is 49.7 Å². The van der Waals surface area contributed by atoms with E-state index in [0.717, 1.165) is 25.0 Å². The molecule has 0 aromatic heterocycles. The van der Waals surface area contributed by atoms with Gasteiger partial charge in [0.25, 0.3) is 0 Å². The van der Waals surface area contributed by atoms with Gasteiger partial charge in [-0.15, -0.1) is 0 Å². The fourth-order valence-electron chi connectivity index (χ4n) is 1.99. The minimum absolute atomic E-state index is 0.0700. The quantitative estimate of drug-likeness (QED) is 0.542. The van der Waals surface area contributed by atoms with Gasteiger partial charge in [-0.05, 0) is 26.7 Å². The van der Waals surface area contributed by atoms with Crippen molar-refractivity contribution in [1.82, 2.24) is 4.90 Å². The molecule has 0 aromatic carbocycles. The van der Waals surface area contributed by atoms with Crippen LogP contribution in [0, 0.1) is 0 Å². The number of rotatable bonds is 6. The lowest BCUT2D eigenvalue weighted by Gasteiger charge is -2.24. The molecule has 1 heterocycles. The summed E-state index contributed by atoms with van der Waals surface area (Å²) in [6.07, 6.45) is 3.90. The van der Waals surface area contributed by atoms with Crippen LogP contribution in [0.15, 0.2) is 11.6 Å². The Bertz CT molecular complexity index is 341. The Morgan fingerprint density at radius 3 is 2.68 bits per heavy atom. The number of amides is 1. The predicted molar refractivity (Wildman–Crippen MR) is 71.6 cm³/mol. The Hall–Kier alpha value is -1.36. The number of allylic oxidation sites excluding steroid dienone is 1. The summed E-state index contributed by atoms with van der Waals surface area (Å²) in [5.74, 6) is -0.373. The number of nitrogens with zero attached hydrogens (tertiary/aromatic N) is 1.